The minimum Gasteiger partial charge on any atom is -0.550 e. The fraction of sp³-hybridized carbons (Fsp3) is 0.977. The van der Waals surface area contributed by atoms with Gasteiger partial charge < -0.3 is 29.6 Å². The van der Waals surface area contributed by atoms with Gasteiger partial charge in [-0.3, -0.25) is 0 Å². The van der Waals surface area contributed by atoms with Crippen LogP contribution in [0.3, 0.4) is 0 Å². The number of carbonyl (C=O) groups is 2. The van der Waals surface area contributed by atoms with E-state index in [4.69, 9.17) is 0 Å². The molecule has 0 aliphatic carbocycles. The van der Waals surface area contributed by atoms with Crippen LogP contribution in [0.1, 0.15) is 517 Å². The molecule has 0 aliphatic heterocycles. The SMILES string of the molecule is CCCCCCCCCCCCCCCCCCCN(CCCCCCCCCCCCCCCCCCC)C(CC)CCC(=O)[O-].CCCCCCCCCCCCCCCCCCCN(CCCCCCCCCCCCCCCCCCC)C(CC)CCC(=O)[O-].[Ca+2]. The van der Waals surface area contributed by atoms with Crippen LogP contribution in [0.25, 0.3) is 0 Å². The van der Waals surface area contributed by atoms with Crippen molar-refractivity contribution in [3.8, 4) is 0 Å². The first-order valence-electron chi connectivity index (χ1n) is 44.2. The third-order valence-electron chi connectivity index (χ3n) is 21.5. The molecule has 0 radical (unpaired) electrons. The van der Waals surface area contributed by atoms with E-state index in [0.29, 0.717) is 12.1 Å². The summed E-state index contributed by atoms with van der Waals surface area (Å²) in [5.41, 5.74) is 0. The maximum absolute atomic E-state index is 11.2. The molecule has 0 aromatic rings. The normalized spacial score (nSPS) is 12.2. The average molecular weight is 1370 g/mol. The fourth-order valence-corrected chi connectivity index (χ4v) is 15.0. The van der Waals surface area contributed by atoms with Crippen LogP contribution in [0.4, 0.5) is 0 Å². The summed E-state index contributed by atoms with van der Waals surface area (Å²) in [6.07, 6.45) is 99.8. The largest absolute Gasteiger partial charge is 2.00 e. The van der Waals surface area contributed by atoms with Crippen molar-refractivity contribution in [3.05, 3.63) is 0 Å². The second kappa shape index (κ2) is 88.3. The molecule has 0 heterocycles. The Labute approximate surface area is 629 Å². The molecular formula is C88H176CaN2O4. The minimum atomic E-state index is -0.890. The smallest absolute Gasteiger partial charge is 0.550 e. The molecule has 95 heavy (non-hydrogen) atoms. The van der Waals surface area contributed by atoms with Crippen molar-refractivity contribution in [2.45, 2.75) is 529 Å². The van der Waals surface area contributed by atoms with Crippen molar-refractivity contribution in [2.24, 2.45) is 0 Å². The molecule has 2 atom stereocenters. The molecule has 0 rings (SSSR count). The quantitative estimate of drug-likeness (QED) is 0.0445. The summed E-state index contributed by atoms with van der Waals surface area (Å²) >= 11 is 0. The first-order valence-corrected chi connectivity index (χ1v) is 44.2. The van der Waals surface area contributed by atoms with E-state index in [2.05, 4.69) is 51.3 Å². The van der Waals surface area contributed by atoms with Gasteiger partial charge in [-0.25, -0.2) is 0 Å². The third kappa shape index (κ3) is 83.0. The van der Waals surface area contributed by atoms with Crippen LogP contribution in [-0.4, -0.2) is 97.7 Å². The van der Waals surface area contributed by atoms with Crippen molar-refractivity contribution in [1.82, 2.24) is 9.80 Å². The predicted octanol–water partition coefficient (Wildman–Crippen LogP) is 27.4. The summed E-state index contributed by atoms with van der Waals surface area (Å²) in [7, 11) is 0. The second-order valence-electron chi connectivity index (χ2n) is 30.6. The van der Waals surface area contributed by atoms with E-state index < -0.39 is 11.9 Å². The van der Waals surface area contributed by atoms with Gasteiger partial charge >= 0.3 is 37.7 Å². The molecule has 0 aromatic carbocycles. The monoisotopic (exact) mass is 1370 g/mol. The number of aliphatic carboxylic acids is 2. The number of hydrogen-bond acceptors (Lipinski definition) is 6. The minimum absolute atomic E-state index is 0. The van der Waals surface area contributed by atoms with Gasteiger partial charge in [0, 0.05) is 24.0 Å². The Morgan fingerprint density at radius 3 is 0.432 bits per heavy atom. The zero-order chi connectivity index (χ0) is 68.6. The Bertz CT molecular complexity index is 1220. The molecule has 0 fully saturated rings. The Morgan fingerprint density at radius 1 is 0.211 bits per heavy atom. The predicted molar refractivity (Wildman–Crippen MR) is 422 cm³/mol. The van der Waals surface area contributed by atoms with E-state index in [1.54, 1.807) is 0 Å². The van der Waals surface area contributed by atoms with Crippen LogP contribution in [-0.2, 0) is 9.59 Å². The average Bonchev–Trinajstić information content (AvgIpc) is 2.92. The Kier molecular flexibility index (Phi) is 92.3. The van der Waals surface area contributed by atoms with Gasteiger partial charge in [-0.1, -0.05) is 452 Å². The van der Waals surface area contributed by atoms with Crippen molar-refractivity contribution in [1.29, 1.82) is 0 Å². The number of carboxylic acid groups (broad SMARTS) is 2. The molecule has 0 bridgehead atoms. The number of unbranched alkanes of at least 4 members (excludes halogenated alkanes) is 64. The van der Waals surface area contributed by atoms with Crippen LogP contribution in [0.5, 0.6) is 0 Å². The van der Waals surface area contributed by atoms with Gasteiger partial charge in [-0.2, -0.15) is 0 Å². The molecule has 2 unspecified atom stereocenters. The summed E-state index contributed by atoms with van der Waals surface area (Å²) < 4.78 is 0. The zero-order valence-corrected chi connectivity index (χ0v) is 68.8. The van der Waals surface area contributed by atoms with Gasteiger partial charge in [-0.05, 0) is 90.4 Å². The van der Waals surface area contributed by atoms with E-state index in [1.165, 1.54) is 437 Å². The van der Waals surface area contributed by atoms with Gasteiger partial charge in [-0.15, -0.1) is 0 Å². The first-order chi connectivity index (χ1) is 46.3. The van der Waals surface area contributed by atoms with Crippen LogP contribution in [0.2, 0.25) is 0 Å². The standard InChI is InChI=1S/2C44H89NO2.Ca/c2*1-4-7-9-11-13-15-17-19-21-23-25-27-29-31-33-35-37-41-45(43(6-3)39-40-44(46)47)42-38-36-34-32-30-28-26-24-22-20-18-16-14-12-10-8-5-2;/h2*43H,4-42H2,1-3H3,(H,46,47);/q;;+2/p-2. The van der Waals surface area contributed by atoms with Gasteiger partial charge in [0.1, 0.15) is 0 Å². The maximum Gasteiger partial charge on any atom is 2.00 e. The van der Waals surface area contributed by atoms with Crippen molar-refractivity contribution < 1.29 is 19.8 Å². The van der Waals surface area contributed by atoms with Crippen LogP contribution in [0.15, 0.2) is 0 Å². The molecule has 0 amide bonds. The van der Waals surface area contributed by atoms with E-state index in [9.17, 15) is 19.8 Å². The van der Waals surface area contributed by atoms with Gasteiger partial charge in [0.2, 0.25) is 0 Å². The molecule has 0 aromatic heterocycles. The topological polar surface area (TPSA) is 86.7 Å². The maximum atomic E-state index is 11.2. The molecule has 0 saturated carbocycles. The third-order valence-corrected chi connectivity index (χ3v) is 21.5. The molecule has 6 nitrogen and oxygen atoms in total. The van der Waals surface area contributed by atoms with Gasteiger partial charge in [0.25, 0.3) is 0 Å². The van der Waals surface area contributed by atoms with E-state index in [0.717, 1.165) is 51.9 Å². The fourth-order valence-electron chi connectivity index (χ4n) is 15.0. The Hall–Kier alpha value is 0.120. The number of carbonyl (C=O) groups excluding carboxylic acids is 2. The summed E-state index contributed by atoms with van der Waals surface area (Å²) in [5.74, 6) is -1.78. The Balaban J connectivity index is -0.00000176. The number of hydrogen-bond donors (Lipinski definition) is 0. The molecule has 564 valence electrons. The van der Waals surface area contributed by atoms with Crippen molar-refractivity contribution in [2.75, 3.05) is 26.2 Å². The molecular weight excluding hydrogens is 1190 g/mol. The zero-order valence-electron chi connectivity index (χ0n) is 66.5. The molecule has 7 heteroatoms. The Morgan fingerprint density at radius 2 is 0.326 bits per heavy atom. The summed E-state index contributed by atoms with van der Waals surface area (Å²) in [6, 6.07) is 0.796. The van der Waals surface area contributed by atoms with Crippen molar-refractivity contribution >= 4 is 49.7 Å². The molecule has 0 saturated heterocycles. The van der Waals surface area contributed by atoms with Crippen molar-refractivity contribution in [3.63, 3.8) is 0 Å². The van der Waals surface area contributed by atoms with Crippen LogP contribution < -0.4 is 10.2 Å². The summed E-state index contributed by atoms with van der Waals surface area (Å²) in [6.45, 7) is 18.2. The number of rotatable bonds is 82. The number of carboxylic acids is 2. The molecule has 0 aliphatic rings. The molecule has 0 N–H and O–H groups in total. The summed E-state index contributed by atoms with van der Waals surface area (Å²) in [4.78, 5) is 27.6. The van der Waals surface area contributed by atoms with Crippen LogP contribution in [0, 0.1) is 0 Å². The first kappa shape index (κ1) is 99.3. The van der Waals surface area contributed by atoms with Gasteiger partial charge in [0.15, 0.2) is 0 Å². The molecule has 0 spiro atoms. The van der Waals surface area contributed by atoms with Gasteiger partial charge in [0.05, 0.1) is 0 Å². The van der Waals surface area contributed by atoms with E-state index in [1.807, 2.05) is 0 Å². The van der Waals surface area contributed by atoms with E-state index >= 15 is 0 Å². The summed E-state index contributed by atoms with van der Waals surface area (Å²) in [5, 5.41) is 22.3. The van der Waals surface area contributed by atoms with Crippen LogP contribution >= 0.6 is 0 Å². The number of nitrogens with zero attached hydrogens (tertiary/aromatic N) is 2. The second-order valence-corrected chi connectivity index (χ2v) is 30.6. The van der Waals surface area contributed by atoms with E-state index in [-0.39, 0.29) is 50.6 Å².